The summed E-state index contributed by atoms with van der Waals surface area (Å²) in [6.07, 6.45) is 0. The van der Waals surface area contributed by atoms with Gasteiger partial charge in [-0.25, -0.2) is 8.42 Å². The number of benzene rings is 2. The third-order valence-corrected chi connectivity index (χ3v) is 6.78. The molecule has 1 heterocycles. The van der Waals surface area contributed by atoms with Gasteiger partial charge < -0.3 is 14.8 Å². The summed E-state index contributed by atoms with van der Waals surface area (Å²) in [5, 5.41) is 2.78. The average molecular weight is 433 g/mol. The van der Waals surface area contributed by atoms with Crippen LogP contribution in [-0.2, 0) is 14.8 Å². The molecule has 1 amide bonds. The van der Waals surface area contributed by atoms with Crippen LogP contribution in [0.4, 0.5) is 0 Å². The predicted octanol–water partition coefficient (Wildman–Crippen LogP) is 2.64. The van der Waals surface area contributed by atoms with Crippen LogP contribution < -0.4 is 10.1 Å². The molecule has 0 bridgehead atoms. The van der Waals surface area contributed by atoms with Crippen molar-refractivity contribution >= 4 is 15.9 Å². The van der Waals surface area contributed by atoms with Crippen LogP contribution in [0, 0.1) is 0 Å². The van der Waals surface area contributed by atoms with E-state index >= 15 is 0 Å². The highest BCUT2D eigenvalue weighted by Gasteiger charge is 2.26. The number of carbonyl (C=O) groups excluding carboxylic acids is 1. The molecule has 1 aliphatic heterocycles. The molecule has 3 rings (SSSR count). The Kier molecular flexibility index (Phi) is 7.47. The van der Waals surface area contributed by atoms with Gasteiger partial charge in [-0.3, -0.25) is 4.79 Å². The van der Waals surface area contributed by atoms with E-state index in [1.54, 1.807) is 12.1 Å². The smallest absolute Gasteiger partial charge is 0.251 e. The Balaban J connectivity index is 1.58. The third-order valence-electron chi connectivity index (χ3n) is 4.89. The van der Waals surface area contributed by atoms with Gasteiger partial charge in [-0.05, 0) is 35.7 Å². The van der Waals surface area contributed by atoms with Crippen molar-refractivity contribution in [2.45, 2.75) is 24.7 Å². The predicted molar refractivity (Wildman–Crippen MR) is 114 cm³/mol. The molecule has 1 fully saturated rings. The summed E-state index contributed by atoms with van der Waals surface area (Å²) in [7, 11) is -3.64. The van der Waals surface area contributed by atoms with Gasteiger partial charge in [-0.1, -0.05) is 38.1 Å². The second-order valence-electron chi connectivity index (χ2n) is 7.34. The number of hydrogen-bond donors (Lipinski definition) is 1. The summed E-state index contributed by atoms with van der Waals surface area (Å²) in [6, 6.07) is 13.9. The van der Waals surface area contributed by atoms with Crippen molar-refractivity contribution in [3.8, 4) is 5.75 Å². The average Bonchev–Trinajstić information content (AvgIpc) is 2.77. The van der Waals surface area contributed by atoms with Crippen LogP contribution in [0.1, 0.15) is 35.7 Å². The Hall–Kier alpha value is -2.42. The summed E-state index contributed by atoms with van der Waals surface area (Å²) in [5.41, 5.74) is 1.41. The monoisotopic (exact) mass is 432 g/mol. The number of rotatable bonds is 8. The molecular formula is C22H28N2O5S. The first-order valence-corrected chi connectivity index (χ1v) is 11.5. The lowest BCUT2D eigenvalue weighted by Crippen LogP contribution is -2.40. The van der Waals surface area contributed by atoms with Crippen molar-refractivity contribution in [2.75, 3.05) is 39.5 Å². The maximum absolute atomic E-state index is 12.8. The highest BCUT2D eigenvalue weighted by Crippen LogP contribution is 2.25. The molecule has 162 valence electrons. The second-order valence-corrected chi connectivity index (χ2v) is 9.28. The van der Waals surface area contributed by atoms with E-state index in [-0.39, 0.29) is 10.8 Å². The lowest BCUT2D eigenvalue weighted by Gasteiger charge is -2.26. The number of carbonyl (C=O) groups is 1. The van der Waals surface area contributed by atoms with Crippen molar-refractivity contribution in [1.82, 2.24) is 9.62 Å². The molecule has 2 aromatic rings. The van der Waals surface area contributed by atoms with Crippen LogP contribution in [-0.4, -0.2) is 58.1 Å². The minimum absolute atomic E-state index is 0.110. The summed E-state index contributed by atoms with van der Waals surface area (Å²) >= 11 is 0. The van der Waals surface area contributed by atoms with Gasteiger partial charge in [-0.15, -0.1) is 0 Å². The molecular weight excluding hydrogens is 404 g/mol. The SMILES string of the molecule is CC(C)c1ccccc1OCCNC(=O)c1cccc(S(=O)(=O)N2CCOCC2)c1. The molecule has 8 heteroatoms. The molecule has 0 aliphatic carbocycles. The normalized spacial score (nSPS) is 15.2. The minimum atomic E-state index is -3.64. The first kappa shape index (κ1) is 22.3. The standard InChI is InChI=1S/C22H28N2O5S/c1-17(2)20-8-3-4-9-21(20)29-13-10-23-22(25)18-6-5-7-19(16-18)30(26,27)24-11-14-28-15-12-24/h3-9,16-17H,10-15H2,1-2H3,(H,23,25). The highest BCUT2D eigenvalue weighted by atomic mass is 32.2. The van der Waals surface area contributed by atoms with Crippen molar-refractivity contribution in [1.29, 1.82) is 0 Å². The number of amides is 1. The molecule has 0 radical (unpaired) electrons. The Morgan fingerprint density at radius 1 is 1.13 bits per heavy atom. The molecule has 1 N–H and O–H groups in total. The van der Waals surface area contributed by atoms with E-state index in [0.717, 1.165) is 11.3 Å². The Labute approximate surface area is 178 Å². The number of ether oxygens (including phenoxy) is 2. The second kappa shape index (κ2) is 10.1. The van der Waals surface area contributed by atoms with Gasteiger partial charge >= 0.3 is 0 Å². The summed E-state index contributed by atoms with van der Waals surface area (Å²) in [6.45, 7) is 6.21. The van der Waals surface area contributed by atoms with Gasteiger partial charge in [0.25, 0.3) is 5.91 Å². The fourth-order valence-electron chi connectivity index (χ4n) is 3.25. The molecule has 7 nitrogen and oxygen atoms in total. The van der Waals surface area contributed by atoms with Gasteiger partial charge in [0, 0.05) is 18.7 Å². The maximum atomic E-state index is 12.8. The molecule has 1 aliphatic rings. The van der Waals surface area contributed by atoms with Gasteiger partial charge in [0.05, 0.1) is 24.7 Å². The molecule has 0 saturated carbocycles. The van der Waals surface area contributed by atoms with E-state index in [0.29, 0.717) is 50.9 Å². The molecule has 1 saturated heterocycles. The van der Waals surface area contributed by atoms with Gasteiger partial charge in [-0.2, -0.15) is 4.31 Å². The Morgan fingerprint density at radius 2 is 1.87 bits per heavy atom. The zero-order valence-electron chi connectivity index (χ0n) is 17.3. The quantitative estimate of drug-likeness (QED) is 0.648. The molecule has 0 aromatic heterocycles. The van der Waals surface area contributed by atoms with Crippen LogP contribution in [0.3, 0.4) is 0 Å². The number of para-hydroxylation sites is 1. The van der Waals surface area contributed by atoms with Crippen molar-refractivity contribution in [3.63, 3.8) is 0 Å². The van der Waals surface area contributed by atoms with Crippen LogP contribution in [0.25, 0.3) is 0 Å². The zero-order valence-corrected chi connectivity index (χ0v) is 18.2. The van der Waals surface area contributed by atoms with Gasteiger partial charge in [0.15, 0.2) is 0 Å². The van der Waals surface area contributed by atoms with E-state index in [4.69, 9.17) is 9.47 Å². The van der Waals surface area contributed by atoms with Crippen LogP contribution >= 0.6 is 0 Å². The summed E-state index contributed by atoms with van der Waals surface area (Å²) < 4.78 is 38.0. The molecule has 0 atom stereocenters. The first-order valence-electron chi connectivity index (χ1n) is 10.1. The topological polar surface area (TPSA) is 84.9 Å². The van der Waals surface area contributed by atoms with Gasteiger partial charge in [0.2, 0.25) is 10.0 Å². The third kappa shape index (κ3) is 5.38. The number of morpholine rings is 1. The first-order chi connectivity index (χ1) is 14.4. The highest BCUT2D eigenvalue weighted by molar-refractivity contribution is 7.89. The van der Waals surface area contributed by atoms with Crippen LogP contribution in [0.15, 0.2) is 53.4 Å². The number of sulfonamides is 1. The number of nitrogens with zero attached hydrogens (tertiary/aromatic N) is 1. The van der Waals surface area contributed by atoms with Crippen LogP contribution in [0.5, 0.6) is 5.75 Å². The lowest BCUT2D eigenvalue weighted by molar-refractivity contribution is 0.0730. The fraction of sp³-hybridized carbons (Fsp3) is 0.409. The maximum Gasteiger partial charge on any atom is 0.251 e. The van der Waals surface area contributed by atoms with E-state index in [1.807, 2.05) is 24.3 Å². The zero-order chi connectivity index (χ0) is 21.6. The largest absolute Gasteiger partial charge is 0.491 e. The van der Waals surface area contributed by atoms with E-state index < -0.39 is 10.0 Å². The van der Waals surface area contributed by atoms with Crippen molar-refractivity contribution in [3.05, 3.63) is 59.7 Å². The van der Waals surface area contributed by atoms with Crippen molar-refractivity contribution < 1.29 is 22.7 Å². The van der Waals surface area contributed by atoms with Gasteiger partial charge in [0.1, 0.15) is 12.4 Å². The van der Waals surface area contributed by atoms with E-state index in [2.05, 4.69) is 19.2 Å². The van der Waals surface area contributed by atoms with Crippen molar-refractivity contribution in [2.24, 2.45) is 0 Å². The molecule has 2 aromatic carbocycles. The lowest BCUT2D eigenvalue weighted by atomic mass is 10.0. The Morgan fingerprint density at radius 3 is 2.60 bits per heavy atom. The molecule has 0 unspecified atom stereocenters. The molecule has 0 spiro atoms. The summed E-state index contributed by atoms with van der Waals surface area (Å²) in [5.74, 6) is 0.807. The number of hydrogen-bond acceptors (Lipinski definition) is 5. The number of nitrogens with one attached hydrogen (secondary N) is 1. The Bertz CT molecular complexity index is 969. The van der Waals surface area contributed by atoms with E-state index in [9.17, 15) is 13.2 Å². The van der Waals surface area contributed by atoms with E-state index in [1.165, 1.54) is 16.4 Å². The minimum Gasteiger partial charge on any atom is -0.491 e. The fourth-order valence-corrected chi connectivity index (χ4v) is 4.70. The van der Waals surface area contributed by atoms with Crippen LogP contribution in [0.2, 0.25) is 0 Å². The summed E-state index contributed by atoms with van der Waals surface area (Å²) in [4.78, 5) is 12.6. The molecule has 30 heavy (non-hydrogen) atoms.